The van der Waals surface area contributed by atoms with Gasteiger partial charge in [0, 0.05) is 5.75 Å². The summed E-state index contributed by atoms with van der Waals surface area (Å²) < 4.78 is 2.07. The van der Waals surface area contributed by atoms with Crippen molar-refractivity contribution in [2.75, 3.05) is 12.4 Å². The number of carbonyl (C=O) groups excluding carboxylic acids is 1. The zero-order valence-electron chi connectivity index (χ0n) is 11.3. The van der Waals surface area contributed by atoms with Gasteiger partial charge < -0.3 is 10.8 Å². The summed E-state index contributed by atoms with van der Waals surface area (Å²) in [5, 5.41) is 12.6. The molecule has 0 aromatic carbocycles. The summed E-state index contributed by atoms with van der Waals surface area (Å²) >= 11 is 4.66. The van der Waals surface area contributed by atoms with E-state index in [1.807, 2.05) is 0 Å². The lowest BCUT2D eigenvalue weighted by atomic mass is 10.1. The number of hydrogen-bond acceptors (Lipinski definition) is 8. The molecule has 0 aromatic heterocycles. The molecule has 1 amide bonds. The third kappa shape index (κ3) is 2.92. The van der Waals surface area contributed by atoms with Gasteiger partial charge in [-0.25, -0.2) is 4.79 Å². The third-order valence-corrected chi connectivity index (χ3v) is 7.00. The summed E-state index contributed by atoms with van der Waals surface area (Å²) in [5.41, 5.74) is 6.81. The molecule has 3 heterocycles. The second kappa shape index (κ2) is 6.01. The lowest BCUT2D eigenvalue weighted by Gasteiger charge is -2.46. The molecule has 10 heteroatoms. The second-order valence-corrected chi connectivity index (χ2v) is 8.78. The van der Waals surface area contributed by atoms with E-state index in [0.29, 0.717) is 23.1 Å². The molecule has 3 rings (SSSR count). The third-order valence-electron chi connectivity index (χ3n) is 3.45. The summed E-state index contributed by atoms with van der Waals surface area (Å²) in [4.78, 5) is 24.6. The van der Waals surface area contributed by atoms with E-state index in [0.717, 1.165) is 6.67 Å². The fraction of sp³-hybridized carbons (Fsp3) is 0.636. The lowest BCUT2D eigenvalue weighted by molar-refractivity contribution is -0.146. The predicted octanol–water partition coefficient (Wildman–Crippen LogP) is 0.420. The number of nitrogens with two attached hydrogens (primary N) is 1. The van der Waals surface area contributed by atoms with Gasteiger partial charge in [0.25, 0.3) is 0 Å². The van der Waals surface area contributed by atoms with Crippen LogP contribution in [0.2, 0.25) is 0 Å². The first-order valence-corrected chi connectivity index (χ1v) is 9.19. The molecule has 0 aromatic rings. The molecule has 3 aliphatic rings. The molecule has 2 unspecified atom stereocenters. The SMILES string of the molecule is CC1NCN(SCC2=C(C(=O)O)N3C(=O)C[C@H]3SC2N)S1. The fourth-order valence-corrected chi connectivity index (χ4v) is 5.96. The van der Waals surface area contributed by atoms with Gasteiger partial charge in [0.1, 0.15) is 5.70 Å². The quantitative estimate of drug-likeness (QED) is 0.493. The van der Waals surface area contributed by atoms with E-state index in [-0.39, 0.29) is 22.4 Å². The van der Waals surface area contributed by atoms with Gasteiger partial charge in [0.2, 0.25) is 5.91 Å². The first kappa shape index (κ1) is 15.5. The van der Waals surface area contributed by atoms with Crippen LogP contribution >= 0.6 is 35.7 Å². The number of β-lactam (4-membered cyclic amide) rings is 1. The highest BCUT2D eigenvalue weighted by Crippen LogP contribution is 2.43. The molecule has 0 bridgehead atoms. The Balaban J connectivity index is 1.77. The molecule has 7 nitrogen and oxygen atoms in total. The highest BCUT2D eigenvalue weighted by molar-refractivity contribution is 8.12. The van der Waals surface area contributed by atoms with Crippen molar-refractivity contribution in [3.05, 3.63) is 11.3 Å². The number of nitrogens with one attached hydrogen (secondary N) is 1. The summed E-state index contributed by atoms with van der Waals surface area (Å²) in [5.74, 6) is -0.724. The molecule has 21 heavy (non-hydrogen) atoms. The van der Waals surface area contributed by atoms with Gasteiger partial charge in [-0.05, 0) is 24.4 Å². The minimum Gasteiger partial charge on any atom is -0.477 e. The van der Waals surface area contributed by atoms with Gasteiger partial charge in [0.05, 0.1) is 29.2 Å². The number of carbonyl (C=O) groups is 2. The van der Waals surface area contributed by atoms with E-state index in [1.54, 1.807) is 11.9 Å². The maximum atomic E-state index is 11.7. The Morgan fingerprint density at radius 1 is 1.62 bits per heavy atom. The second-order valence-electron chi connectivity index (χ2n) is 4.87. The van der Waals surface area contributed by atoms with Crippen LogP contribution in [0, 0.1) is 0 Å². The molecule has 116 valence electrons. The Hall–Kier alpha value is -0.390. The van der Waals surface area contributed by atoms with Gasteiger partial charge >= 0.3 is 5.97 Å². The molecule has 2 fully saturated rings. The van der Waals surface area contributed by atoms with E-state index < -0.39 is 5.97 Å². The van der Waals surface area contributed by atoms with E-state index in [1.165, 1.54) is 28.6 Å². The number of carboxylic acid groups (broad SMARTS) is 1. The van der Waals surface area contributed by atoms with Crippen molar-refractivity contribution >= 4 is 47.5 Å². The maximum Gasteiger partial charge on any atom is 0.352 e. The Labute approximate surface area is 135 Å². The summed E-state index contributed by atoms with van der Waals surface area (Å²) in [7, 11) is 0. The van der Waals surface area contributed by atoms with Crippen molar-refractivity contribution in [3.63, 3.8) is 0 Å². The zero-order valence-corrected chi connectivity index (χ0v) is 13.8. The number of rotatable bonds is 4. The van der Waals surface area contributed by atoms with Crippen LogP contribution in [0.5, 0.6) is 0 Å². The molecule has 0 saturated carbocycles. The number of hydrogen-bond donors (Lipinski definition) is 3. The minimum atomic E-state index is -1.07. The number of amides is 1. The molecule has 4 N–H and O–H groups in total. The zero-order chi connectivity index (χ0) is 15.1. The summed E-state index contributed by atoms with van der Waals surface area (Å²) in [6, 6.07) is 0. The number of carboxylic acids is 1. The van der Waals surface area contributed by atoms with Crippen LogP contribution in [0.3, 0.4) is 0 Å². The van der Waals surface area contributed by atoms with E-state index >= 15 is 0 Å². The number of thioether (sulfide) groups is 1. The standard InChI is InChI=1S/C11H16N4O3S3/c1-5-13-4-14(21-5)19-3-6-9(11(17)18)15-7(16)2-8(15)20-10(6)12/h5,8,10,13H,2-4,12H2,1H3,(H,17,18)/t5?,8-,10?/m1/s1. The van der Waals surface area contributed by atoms with Crippen LogP contribution in [0.1, 0.15) is 13.3 Å². The molecule has 0 spiro atoms. The number of aliphatic carboxylic acids is 1. The van der Waals surface area contributed by atoms with Crippen molar-refractivity contribution in [3.8, 4) is 0 Å². The Morgan fingerprint density at radius 2 is 2.38 bits per heavy atom. The number of fused-ring (bicyclic) bond motifs is 1. The molecule has 3 atom stereocenters. The first-order chi connectivity index (χ1) is 9.97. The van der Waals surface area contributed by atoms with E-state index in [2.05, 4.69) is 16.0 Å². The maximum absolute atomic E-state index is 11.7. The Kier molecular flexibility index (Phi) is 4.44. The van der Waals surface area contributed by atoms with Gasteiger partial charge in [-0.1, -0.05) is 11.9 Å². The van der Waals surface area contributed by atoms with Crippen LogP contribution < -0.4 is 11.1 Å². The Bertz CT molecular complexity index is 515. The van der Waals surface area contributed by atoms with Crippen LogP contribution in [-0.4, -0.2) is 54.1 Å². The largest absolute Gasteiger partial charge is 0.477 e. The normalized spacial score (nSPS) is 33.1. The highest BCUT2D eigenvalue weighted by Gasteiger charge is 2.47. The van der Waals surface area contributed by atoms with Crippen LogP contribution in [-0.2, 0) is 9.59 Å². The lowest BCUT2D eigenvalue weighted by Crippen LogP contribution is -2.56. The van der Waals surface area contributed by atoms with Crippen molar-refractivity contribution in [1.29, 1.82) is 0 Å². The van der Waals surface area contributed by atoms with Gasteiger partial charge in [-0.2, -0.15) is 3.71 Å². The molecular weight excluding hydrogens is 332 g/mol. The summed E-state index contributed by atoms with van der Waals surface area (Å²) in [6.45, 7) is 2.80. The smallest absolute Gasteiger partial charge is 0.352 e. The molecule has 0 radical (unpaired) electrons. The molecule has 2 saturated heterocycles. The minimum absolute atomic E-state index is 0.0835. The summed E-state index contributed by atoms with van der Waals surface area (Å²) in [6.07, 6.45) is 0.374. The monoisotopic (exact) mass is 348 g/mol. The molecule has 3 aliphatic heterocycles. The van der Waals surface area contributed by atoms with Crippen molar-refractivity contribution in [2.45, 2.75) is 29.5 Å². The van der Waals surface area contributed by atoms with Crippen molar-refractivity contribution in [2.24, 2.45) is 5.73 Å². The molecular formula is C11H16N4O3S3. The average molecular weight is 348 g/mol. The van der Waals surface area contributed by atoms with Crippen molar-refractivity contribution < 1.29 is 14.7 Å². The highest BCUT2D eigenvalue weighted by atomic mass is 32.2. The van der Waals surface area contributed by atoms with E-state index in [4.69, 9.17) is 5.73 Å². The van der Waals surface area contributed by atoms with E-state index in [9.17, 15) is 14.7 Å². The predicted molar refractivity (Wildman–Crippen MR) is 84.8 cm³/mol. The van der Waals surface area contributed by atoms with Crippen LogP contribution in [0.15, 0.2) is 11.3 Å². The van der Waals surface area contributed by atoms with Gasteiger partial charge in [0.15, 0.2) is 0 Å². The molecule has 0 aliphatic carbocycles. The Morgan fingerprint density at radius 3 is 2.95 bits per heavy atom. The van der Waals surface area contributed by atoms with Gasteiger partial charge in [-0.15, -0.1) is 11.8 Å². The average Bonchev–Trinajstić information content (AvgIpc) is 2.82. The first-order valence-electron chi connectivity index (χ1n) is 6.47. The van der Waals surface area contributed by atoms with Crippen LogP contribution in [0.25, 0.3) is 0 Å². The fourth-order valence-electron chi connectivity index (χ4n) is 2.37. The van der Waals surface area contributed by atoms with Crippen molar-refractivity contribution in [1.82, 2.24) is 13.9 Å². The number of nitrogens with zero attached hydrogens (tertiary/aromatic N) is 2. The topological polar surface area (TPSA) is 98.9 Å². The van der Waals surface area contributed by atoms with Crippen LogP contribution in [0.4, 0.5) is 0 Å². The van der Waals surface area contributed by atoms with Gasteiger partial charge in [-0.3, -0.25) is 15.0 Å².